The van der Waals surface area contributed by atoms with Crippen LogP contribution in [0.25, 0.3) is 0 Å². The van der Waals surface area contributed by atoms with Crippen molar-refractivity contribution in [1.29, 1.82) is 0 Å². The quantitative estimate of drug-likeness (QED) is 0.545. The summed E-state index contributed by atoms with van der Waals surface area (Å²) in [5, 5.41) is 31.3. The number of phenols is 1. The Morgan fingerprint density at radius 1 is 0.750 bits per heavy atom. The average molecular weight is 232 g/mol. The van der Waals surface area contributed by atoms with Crippen LogP contribution in [0.1, 0.15) is 20.8 Å². The van der Waals surface area contributed by atoms with Crippen LogP contribution in [0.15, 0.2) is 30.3 Å². The van der Waals surface area contributed by atoms with E-state index in [4.69, 9.17) is 20.4 Å². The van der Waals surface area contributed by atoms with E-state index in [2.05, 4.69) is 0 Å². The fourth-order valence-electron chi connectivity index (χ4n) is 0.428. The Labute approximate surface area is 97.8 Å². The van der Waals surface area contributed by atoms with Crippen molar-refractivity contribution in [3.05, 3.63) is 30.3 Å². The molecule has 0 amide bonds. The van der Waals surface area contributed by atoms with Crippen LogP contribution in [0.2, 0.25) is 0 Å². The summed E-state index contributed by atoms with van der Waals surface area (Å²) in [5.41, 5.74) is 0. The van der Waals surface area contributed by atoms with E-state index >= 15 is 0 Å². The van der Waals surface area contributed by atoms with Crippen LogP contribution in [0.5, 0.6) is 5.75 Å². The largest absolute Gasteiger partial charge is 0.508 e. The van der Waals surface area contributed by atoms with E-state index in [1.54, 1.807) is 45.0 Å². The van der Waals surface area contributed by atoms with Gasteiger partial charge >= 0.3 is 0 Å². The summed E-state index contributed by atoms with van der Waals surface area (Å²) in [6.07, 6.45) is 0. The lowest BCUT2D eigenvalue weighted by molar-refractivity contribution is 0.318. The molecule has 1 rings (SSSR count). The highest BCUT2D eigenvalue weighted by Crippen LogP contribution is 2.02. The molecule has 0 bridgehead atoms. The zero-order valence-corrected chi connectivity index (χ0v) is 10.3. The first-order valence-corrected chi connectivity index (χ1v) is 5.20. The third-order valence-electron chi connectivity index (χ3n) is 0.756. The van der Waals surface area contributed by atoms with Gasteiger partial charge in [0.25, 0.3) is 0 Å². The maximum Gasteiger partial charge on any atom is 0.115 e. The normalized spacial score (nSPS) is 7.12. The van der Waals surface area contributed by atoms with Crippen LogP contribution < -0.4 is 0 Å². The molecule has 0 saturated heterocycles. The molecule has 1 aromatic carbocycles. The number of aromatic hydroxyl groups is 1. The molecule has 4 nitrogen and oxygen atoms in total. The van der Waals surface area contributed by atoms with Gasteiger partial charge in [0.2, 0.25) is 0 Å². The number of phenolic OH excluding ortho intramolecular Hbond substituents is 1. The monoisotopic (exact) mass is 232 g/mol. The summed E-state index contributed by atoms with van der Waals surface area (Å²) in [4.78, 5) is 0. The van der Waals surface area contributed by atoms with Gasteiger partial charge in [0.1, 0.15) is 5.75 Å². The Bertz CT molecular complexity index is 173. The zero-order chi connectivity index (χ0) is 13.2. The molecule has 0 aliphatic heterocycles. The van der Waals surface area contributed by atoms with Gasteiger partial charge in [-0.3, -0.25) is 0 Å². The Morgan fingerprint density at radius 3 is 1.12 bits per heavy atom. The van der Waals surface area contributed by atoms with Crippen molar-refractivity contribution in [3.63, 3.8) is 0 Å². The van der Waals surface area contributed by atoms with Crippen molar-refractivity contribution in [2.45, 2.75) is 20.8 Å². The number of hydrogen-bond donors (Lipinski definition) is 4. The van der Waals surface area contributed by atoms with Crippen molar-refractivity contribution in [2.75, 3.05) is 19.8 Å². The first-order valence-electron chi connectivity index (χ1n) is 5.20. The van der Waals surface area contributed by atoms with Gasteiger partial charge in [-0.1, -0.05) is 18.2 Å². The number of aliphatic hydroxyl groups is 3. The topological polar surface area (TPSA) is 80.9 Å². The standard InChI is InChI=1S/C6H6O.3C2H6O/c7-6-4-2-1-3-5-6;3*1-2-3/h1-5,7H;3*3H,2H2,1H3. The second-order valence-corrected chi connectivity index (χ2v) is 2.28. The van der Waals surface area contributed by atoms with Crippen LogP contribution >= 0.6 is 0 Å². The molecule has 0 atom stereocenters. The average Bonchev–Trinajstić information content (AvgIpc) is 2.22. The number of para-hydroxylation sites is 1. The summed E-state index contributed by atoms with van der Waals surface area (Å²) in [6.45, 7) is 5.79. The third kappa shape index (κ3) is 38.4. The Morgan fingerprint density at radius 2 is 1.00 bits per heavy atom. The molecule has 1 aromatic rings. The van der Waals surface area contributed by atoms with Crippen molar-refractivity contribution in [1.82, 2.24) is 0 Å². The highest BCUT2D eigenvalue weighted by molar-refractivity contribution is 5.18. The molecule has 0 aromatic heterocycles. The lowest BCUT2D eigenvalue weighted by Gasteiger charge is -1.82. The van der Waals surface area contributed by atoms with Gasteiger partial charge in [-0.25, -0.2) is 0 Å². The van der Waals surface area contributed by atoms with Gasteiger partial charge in [0.15, 0.2) is 0 Å². The molecule has 16 heavy (non-hydrogen) atoms. The van der Waals surface area contributed by atoms with Gasteiger partial charge in [0, 0.05) is 19.8 Å². The van der Waals surface area contributed by atoms with Gasteiger partial charge in [-0.2, -0.15) is 0 Å². The predicted molar refractivity (Wildman–Crippen MR) is 66.4 cm³/mol. The summed E-state index contributed by atoms with van der Waals surface area (Å²) in [6, 6.07) is 8.71. The van der Waals surface area contributed by atoms with Crippen LogP contribution in [0, 0.1) is 0 Å². The molecule has 4 N–H and O–H groups in total. The lowest BCUT2D eigenvalue weighted by Crippen LogP contribution is -1.57. The van der Waals surface area contributed by atoms with Crippen LogP contribution in [0.3, 0.4) is 0 Å². The first-order chi connectivity index (χ1) is 7.64. The van der Waals surface area contributed by atoms with Crippen molar-refractivity contribution < 1.29 is 20.4 Å². The predicted octanol–water partition coefficient (Wildman–Crippen LogP) is 1.39. The molecule has 96 valence electrons. The van der Waals surface area contributed by atoms with Gasteiger partial charge in [-0.15, -0.1) is 0 Å². The van der Waals surface area contributed by atoms with Crippen molar-refractivity contribution in [2.24, 2.45) is 0 Å². The van der Waals surface area contributed by atoms with E-state index < -0.39 is 0 Å². The molecule has 0 spiro atoms. The van der Waals surface area contributed by atoms with E-state index in [9.17, 15) is 0 Å². The maximum absolute atomic E-state index is 8.63. The number of benzene rings is 1. The Balaban J connectivity index is -0.000000161. The number of aliphatic hydroxyl groups excluding tert-OH is 3. The SMILES string of the molecule is CCO.CCO.CCO.Oc1ccccc1. The minimum Gasteiger partial charge on any atom is -0.508 e. The molecular weight excluding hydrogens is 208 g/mol. The molecule has 0 unspecified atom stereocenters. The number of rotatable bonds is 0. The summed E-state index contributed by atoms with van der Waals surface area (Å²) < 4.78 is 0. The molecule has 0 saturated carbocycles. The minimum absolute atomic E-state index is 0.250. The second-order valence-electron chi connectivity index (χ2n) is 2.28. The van der Waals surface area contributed by atoms with E-state index in [0.717, 1.165) is 0 Å². The van der Waals surface area contributed by atoms with Crippen molar-refractivity contribution in [3.8, 4) is 5.75 Å². The van der Waals surface area contributed by atoms with E-state index in [0.29, 0.717) is 5.75 Å². The van der Waals surface area contributed by atoms with Gasteiger partial charge in [0.05, 0.1) is 0 Å². The molecule has 0 fully saturated rings. The summed E-state index contributed by atoms with van der Waals surface area (Å²) >= 11 is 0. The molecule has 0 aliphatic rings. The van der Waals surface area contributed by atoms with Gasteiger partial charge in [-0.05, 0) is 32.9 Å². The van der Waals surface area contributed by atoms with E-state index in [-0.39, 0.29) is 19.8 Å². The second kappa shape index (κ2) is 23.6. The molecule has 0 aliphatic carbocycles. The Kier molecular flexibility index (Phi) is 30.0. The third-order valence-corrected chi connectivity index (χ3v) is 0.756. The van der Waals surface area contributed by atoms with Crippen LogP contribution in [-0.4, -0.2) is 40.2 Å². The first kappa shape index (κ1) is 20.3. The van der Waals surface area contributed by atoms with Gasteiger partial charge < -0.3 is 20.4 Å². The molecule has 4 heteroatoms. The highest BCUT2D eigenvalue weighted by atomic mass is 16.3. The summed E-state index contributed by atoms with van der Waals surface area (Å²) in [7, 11) is 0. The maximum atomic E-state index is 8.63. The lowest BCUT2D eigenvalue weighted by atomic mass is 10.3. The van der Waals surface area contributed by atoms with Crippen LogP contribution in [0.4, 0.5) is 0 Å². The smallest absolute Gasteiger partial charge is 0.115 e. The summed E-state index contributed by atoms with van der Waals surface area (Å²) in [5.74, 6) is 0.322. The minimum atomic E-state index is 0.250. The number of hydrogen-bond acceptors (Lipinski definition) is 4. The molecule has 0 radical (unpaired) electrons. The Hall–Kier alpha value is -1.10. The van der Waals surface area contributed by atoms with Crippen LogP contribution in [-0.2, 0) is 0 Å². The van der Waals surface area contributed by atoms with E-state index in [1.165, 1.54) is 0 Å². The molecular formula is C12H24O4. The van der Waals surface area contributed by atoms with E-state index in [1.807, 2.05) is 6.07 Å². The fraction of sp³-hybridized carbons (Fsp3) is 0.500. The highest BCUT2D eigenvalue weighted by Gasteiger charge is 1.74. The molecule has 0 heterocycles. The zero-order valence-electron chi connectivity index (χ0n) is 10.3. The fourth-order valence-corrected chi connectivity index (χ4v) is 0.428. The van der Waals surface area contributed by atoms with Crippen molar-refractivity contribution >= 4 is 0 Å².